The minimum absolute atomic E-state index is 0.514. The molecule has 23 heavy (non-hydrogen) atoms. The minimum Gasteiger partial charge on any atom is -0.493 e. The maximum atomic E-state index is 5.77. The van der Waals surface area contributed by atoms with E-state index in [1.54, 1.807) is 12.5 Å². The van der Waals surface area contributed by atoms with Crippen molar-refractivity contribution in [3.05, 3.63) is 60.4 Å². The summed E-state index contributed by atoms with van der Waals surface area (Å²) in [6, 6.07) is 8.12. The summed E-state index contributed by atoms with van der Waals surface area (Å²) in [5.41, 5.74) is 2.06. The van der Waals surface area contributed by atoms with Crippen LogP contribution in [0, 0.1) is 5.92 Å². The maximum absolute atomic E-state index is 5.77. The minimum atomic E-state index is 0.514. The average Bonchev–Trinajstić information content (AvgIpc) is 3.18. The number of aromatic nitrogens is 5. The zero-order valence-electron chi connectivity index (χ0n) is 13.5. The second-order valence-electron chi connectivity index (χ2n) is 5.99. The van der Waals surface area contributed by atoms with E-state index in [4.69, 9.17) is 4.74 Å². The van der Waals surface area contributed by atoms with Gasteiger partial charge in [0.25, 0.3) is 0 Å². The third-order valence-electron chi connectivity index (χ3n) is 3.32. The lowest BCUT2D eigenvalue weighted by atomic mass is 10.2. The van der Waals surface area contributed by atoms with Gasteiger partial charge in [-0.25, -0.2) is 9.67 Å². The summed E-state index contributed by atoms with van der Waals surface area (Å²) in [5.74, 6) is 1.41. The predicted molar refractivity (Wildman–Crippen MR) is 87.2 cm³/mol. The van der Waals surface area contributed by atoms with Gasteiger partial charge in [-0.15, -0.1) is 5.10 Å². The fourth-order valence-electron chi connectivity index (χ4n) is 2.24. The Balaban J connectivity index is 1.63. The highest BCUT2D eigenvalue weighted by Gasteiger charge is 2.04. The lowest BCUT2D eigenvalue weighted by molar-refractivity contribution is 0.271. The van der Waals surface area contributed by atoms with Crippen LogP contribution in [0.25, 0.3) is 0 Å². The Bertz CT molecular complexity index is 733. The van der Waals surface area contributed by atoms with E-state index in [1.807, 2.05) is 33.8 Å². The molecule has 2 aromatic heterocycles. The van der Waals surface area contributed by atoms with Gasteiger partial charge in [-0.05, 0) is 23.6 Å². The molecule has 0 aliphatic rings. The van der Waals surface area contributed by atoms with Crippen molar-refractivity contribution in [1.82, 2.24) is 24.5 Å². The summed E-state index contributed by atoms with van der Waals surface area (Å²) >= 11 is 0. The molecule has 0 atom stereocenters. The fourth-order valence-corrected chi connectivity index (χ4v) is 2.24. The number of ether oxygens (including phenoxy) is 1. The molecule has 3 aromatic rings. The first-order chi connectivity index (χ1) is 11.2. The van der Waals surface area contributed by atoms with E-state index in [1.165, 1.54) is 0 Å². The molecule has 1 aromatic carbocycles. The van der Waals surface area contributed by atoms with Gasteiger partial charge in [-0.3, -0.25) is 0 Å². The smallest absolute Gasteiger partial charge is 0.119 e. The Morgan fingerprint density at radius 1 is 1.22 bits per heavy atom. The lowest BCUT2D eigenvalue weighted by Crippen LogP contribution is -2.05. The van der Waals surface area contributed by atoms with Crippen molar-refractivity contribution < 1.29 is 4.74 Å². The molecule has 0 amide bonds. The van der Waals surface area contributed by atoms with Crippen LogP contribution in [0.4, 0.5) is 0 Å². The fraction of sp³-hybridized carbons (Fsp3) is 0.353. The summed E-state index contributed by atoms with van der Waals surface area (Å²) in [5, 5.41) is 8.39. The highest BCUT2D eigenvalue weighted by molar-refractivity contribution is 5.28. The third kappa shape index (κ3) is 4.42. The summed E-state index contributed by atoms with van der Waals surface area (Å²) < 4.78 is 9.57. The van der Waals surface area contributed by atoms with E-state index >= 15 is 0 Å². The summed E-state index contributed by atoms with van der Waals surface area (Å²) in [4.78, 5) is 4.03. The van der Waals surface area contributed by atoms with Crippen LogP contribution in [-0.4, -0.2) is 31.2 Å². The summed E-state index contributed by atoms with van der Waals surface area (Å²) in [6.45, 7) is 6.36. The van der Waals surface area contributed by atoms with Gasteiger partial charge >= 0.3 is 0 Å². The Labute approximate surface area is 135 Å². The molecular weight excluding hydrogens is 290 g/mol. The summed E-state index contributed by atoms with van der Waals surface area (Å²) in [7, 11) is 0. The molecule has 0 bridgehead atoms. The predicted octanol–water partition coefficient (Wildman–Crippen LogP) is 2.61. The van der Waals surface area contributed by atoms with Crippen LogP contribution < -0.4 is 4.74 Å². The average molecular weight is 311 g/mol. The van der Waals surface area contributed by atoms with Gasteiger partial charge < -0.3 is 9.30 Å². The van der Waals surface area contributed by atoms with Crippen LogP contribution >= 0.6 is 0 Å². The second kappa shape index (κ2) is 7.09. The molecule has 0 N–H and O–H groups in total. The van der Waals surface area contributed by atoms with E-state index in [9.17, 15) is 0 Å². The molecule has 6 nitrogen and oxygen atoms in total. The number of benzene rings is 1. The Morgan fingerprint density at radius 3 is 2.91 bits per heavy atom. The quantitative estimate of drug-likeness (QED) is 0.673. The molecule has 0 saturated carbocycles. The summed E-state index contributed by atoms with van der Waals surface area (Å²) in [6.07, 6.45) is 7.40. The van der Waals surface area contributed by atoms with Crippen LogP contribution in [0.3, 0.4) is 0 Å². The molecule has 0 aliphatic carbocycles. The number of imidazole rings is 1. The molecule has 0 spiro atoms. The second-order valence-corrected chi connectivity index (χ2v) is 5.99. The van der Waals surface area contributed by atoms with Crippen LogP contribution in [0.2, 0.25) is 0 Å². The van der Waals surface area contributed by atoms with E-state index in [-0.39, 0.29) is 0 Å². The zero-order valence-corrected chi connectivity index (χ0v) is 13.5. The van der Waals surface area contributed by atoms with Crippen molar-refractivity contribution in [2.75, 3.05) is 6.61 Å². The van der Waals surface area contributed by atoms with E-state index in [0.717, 1.165) is 23.6 Å². The molecule has 120 valence electrons. The molecular formula is C17H21N5O. The maximum Gasteiger partial charge on any atom is 0.119 e. The van der Waals surface area contributed by atoms with E-state index in [0.29, 0.717) is 19.0 Å². The molecule has 0 aliphatic heterocycles. The molecule has 0 saturated heterocycles. The van der Waals surface area contributed by atoms with Crippen molar-refractivity contribution in [3.63, 3.8) is 0 Å². The van der Waals surface area contributed by atoms with Crippen LogP contribution in [-0.2, 0) is 13.1 Å². The number of rotatable bonds is 7. The lowest BCUT2D eigenvalue weighted by Gasteiger charge is -2.09. The molecule has 0 radical (unpaired) electrons. The van der Waals surface area contributed by atoms with Crippen molar-refractivity contribution in [1.29, 1.82) is 0 Å². The zero-order chi connectivity index (χ0) is 16.1. The molecule has 0 unspecified atom stereocenters. The highest BCUT2D eigenvalue weighted by Crippen LogP contribution is 2.15. The normalized spacial score (nSPS) is 11.1. The molecule has 3 rings (SSSR count). The molecule has 2 heterocycles. The van der Waals surface area contributed by atoms with Crippen molar-refractivity contribution in [3.8, 4) is 5.75 Å². The Morgan fingerprint density at radius 2 is 2.13 bits per heavy atom. The van der Waals surface area contributed by atoms with Gasteiger partial charge in [0.15, 0.2) is 0 Å². The SMILES string of the molecule is CC(C)COc1cccc(Cn2cc(Cn3ccnc3)nn2)c1. The van der Waals surface area contributed by atoms with Gasteiger partial charge in [0.2, 0.25) is 0 Å². The van der Waals surface area contributed by atoms with Gasteiger partial charge in [0.1, 0.15) is 11.4 Å². The number of hydrogen-bond donors (Lipinski definition) is 0. The largest absolute Gasteiger partial charge is 0.493 e. The highest BCUT2D eigenvalue weighted by atomic mass is 16.5. The first-order valence-electron chi connectivity index (χ1n) is 7.75. The third-order valence-corrected chi connectivity index (χ3v) is 3.32. The van der Waals surface area contributed by atoms with Gasteiger partial charge in [-0.2, -0.15) is 0 Å². The number of nitrogens with zero attached hydrogens (tertiary/aromatic N) is 5. The van der Waals surface area contributed by atoms with Gasteiger partial charge in [0.05, 0.1) is 32.2 Å². The first kappa shape index (κ1) is 15.3. The van der Waals surface area contributed by atoms with Crippen LogP contribution in [0.1, 0.15) is 25.1 Å². The van der Waals surface area contributed by atoms with Crippen LogP contribution in [0.5, 0.6) is 5.75 Å². The number of hydrogen-bond acceptors (Lipinski definition) is 4. The van der Waals surface area contributed by atoms with Crippen LogP contribution in [0.15, 0.2) is 49.2 Å². The van der Waals surface area contributed by atoms with Gasteiger partial charge in [0, 0.05) is 12.4 Å². The topological polar surface area (TPSA) is 57.8 Å². The van der Waals surface area contributed by atoms with Crippen molar-refractivity contribution in [2.45, 2.75) is 26.9 Å². The van der Waals surface area contributed by atoms with Gasteiger partial charge in [-0.1, -0.05) is 31.2 Å². The van der Waals surface area contributed by atoms with Crippen molar-refractivity contribution in [2.24, 2.45) is 5.92 Å². The first-order valence-corrected chi connectivity index (χ1v) is 7.75. The van der Waals surface area contributed by atoms with E-state index in [2.05, 4.69) is 41.3 Å². The van der Waals surface area contributed by atoms with Crippen molar-refractivity contribution >= 4 is 0 Å². The Hall–Kier alpha value is -2.63. The monoisotopic (exact) mass is 311 g/mol. The standard InChI is InChI=1S/C17H21N5O/c1-14(2)12-23-17-5-3-4-15(8-17)9-22-11-16(19-20-22)10-21-7-6-18-13-21/h3-8,11,13-14H,9-10,12H2,1-2H3. The molecule has 0 fully saturated rings. The van der Waals surface area contributed by atoms with E-state index < -0.39 is 0 Å². The molecule has 6 heteroatoms. The Kier molecular flexibility index (Phi) is 4.71.